The zero-order valence-electron chi connectivity index (χ0n) is 76.4. The highest BCUT2D eigenvalue weighted by atomic mass is 19.2. The smallest absolute Gasteiger partial charge is 0.159 e. The van der Waals surface area contributed by atoms with Crippen molar-refractivity contribution in [1.29, 1.82) is 0 Å². The predicted molar refractivity (Wildman–Crippen MR) is 556 cm³/mol. The van der Waals surface area contributed by atoms with Crippen molar-refractivity contribution in [3.05, 3.63) is 508 Å². The molecule has 0 unspecified atom stereocenters. The van der Waals surface area contributed by atoms with Gasteiger partial charge in [-0.25, -0.2) is 26.3 Å². The first-order chi connectivity index (χ1) is 69.2. The second-order valence-corrected chi connectivity index (χ2v) is 33.1. The highest BCUT2D eigenvalue weighted by molar-refractivity contribution is 6.04. The standard InChI is InChI=1S/2C21H15FN2.C21H16N2.C20H12F2N2.2C20H13FN2/c1-14-13-15(8-9-19(14)22)21-18(6-4-11-24-21)16-10-12-23-20-7-3-2-5-17(16)20;1-14-8-9-19(22)18(13-14)21-17(6-4-11-24-21)15-10-12-23-20-7-3-2-5-16(15)20;1-15-6-4-7-16(14-15)21-19(9-5-12-23-21)17-11-13-22-20-10-3-2-8-18(17)20;21-17-8-7-13(12-18(17)22)20-16(5-3-10-24-20)14-9-11-23-19-6-2-1-4-15(14)19;21-15-6-3-5-14(13-15)20-18(8-4-11-23-20)16-10-12-22-19-9-2-1-7-17(16)19;21-15-9-7-14(8-10-15)20-18(5-3-12-23-20)16-11-13-22-19-6-2-1-4-17(16)19/h2*2-13H,1H3;2-14H,1H3;1-12H;2*1-13H. The van der Waals surface area contributed by atoms with E-state index in [1.807, 2.05) is 262 Å². The Kier molecular flexibility index (Phi) is 27.7. The maximum atomic E-state index is 14.4. The number of aryl methyl sites for hydroxylation is 3. The molecule has 0 aliphatic rings. The lowest BCUT2D eigenvalue weighted by Gasteiger charge is -2.12. The highest BCUT2D eigenvalue weighted by Crippen LogP contribution is 2.43. The van der Waals surface area contributed by atoms with E-state index in [-0.39, 0.29) is 23.3 Å². The van der Waals surface area contributed by atoms with Crippen molar-refractivity contribution in [3.63, 3.8) is 0 Å². The molecule has 0 bridgehead atoms. The van der Waals surface area contributed by atoms with Crippen LogP contribution in [0.3, 0.4) is 0 Å². The normalized spacial score (nSPS) is 10.9. The van der Waals surface area contributed by atoms with Gasteiger partial charge >= 0.3 is 0 Å². The van der Waals surface area contributed by atoms with E-state index < -0.39 is 11.6 Å². The lowest BCUT2D eigenvalue weighted by atomic mass is 9.96. The first-order valence-corrected chi connectivity index (χ1v) is 45.5. The van der Waals surface area contributed by atoms with E-state index in [1.54, 1.807) is 93.0 Å². The van der Waals surface area contributed by atoms with Gasteiger partial charge in [0.05, 0.1) is 67.3 Å². The average molecular weight is 1840 g/mol. The number of aromatic nitrogens is 12. The van der Waals surface area contributed by atoms with E-state index in [4.69, 9.17) is 0 Å². The third-order valence-electron chi connectivity index (χ3n) is 24.0. The van der Waals surface area contributed by atoms with Crippen LogP contribution in [0.15, 0.2) is 457 Å². The molecule has 12 heterocycles. The zero-order chi connectivity index (χ0) is 96.5. The Bertz CT molecular complexity index is 8320. The van der Waals surface area contributed by atoms with Gasteiger partial charge < -0.3 is 0 Å². The van der Waals surface area contributed by atoms with Crippen LogP contribution < -0.4 is 0 Å². The van der Waals surface area contributed by atoms with Crippen LogP contribution in [0.5, 0.6) is 0 Å². The van der Waals surface area contributed by atoms with Gasteiger partial charge in [0.1, 0.15) is 23.3 Å². The third-order valence-corrected chi connectivity index (χ3v) is 24.0. The van der Waals surface area contributed by atoms with Gasteiger partial charge in [-0.2, -0.15) is 0 Å². The minimum absolute atomic E-state index is 0.203. The molecule has 0 fully saturated rings. The van der Waals surface area contributed by atoms with Gasteiger partial charge in [0.25, 0.3) is 0 Å². The molecule has 0 saturated heterocycles. The van der Waals surface area contributed by atoms with Crippen molar-refractivity contribution in [2.24, 2.45) is 0 Å². The number of hydrogen-bond donors (Lipinski definition) is 0. The van der Waals surface area contributed by atoms with E-state index in [2.05, 4.69) is 127 Å². The number of hydrogen-bond acceptors (Lipinski definition) is 12. The van der Waals surface area contributed by atoms with E-state index >= 15 is 0 Å². The second-order valence-electron chi connectivity index (χ2n) is 33.1. The third kappa shape index (κ3) is 20.6. The molecule has 12 aromatic heterocycles. The summed E-state index contributed by atoms with van der Waals surface area (Å²) in [7, 11) is 0. The van der Waals surface area contributed by atoms with Crippen molar-refractivity contribution in [2.75, 3.05) is 0 Å². The Hall–Kier alpha value is -18.4. The predicted octanol–water partition coefficient (Wildman–Crippen LogP) is 31.5. The first kappa shape index (κ1) is 91.7. The molecule has 141 heavy (non-hydrogen) atoms. The lowest BCUT2D eigenvalue weighted by molar-refractivity contribution is 0.509. The Morgan fingerprint density at radius 1 is 0.149 bits per heavy atom. The molecular formula is C123H84F6N12. The fourth-order valence-corrected chi connectivity index (χ4v) is 17.4. The summed E-state index contributed by atoms with van der Waals surface area (Å²) in [6.45, 7) is 5.82. The van der Waals surface area contributed by atoms with Gasteiger partial charge in [-0.15, -0.1) is 0 Å². The van der Waals surface area contributed by atoms with Crippen LogP contribution in [0.2, 0.25) is 0 Å². The van der Waals surface area contributed by atoms with Gasteiger partial charge in [0.15, 0.2) is 11.6 Å². The second kappa shape index (κ2) is 42.7. The summed E-state index contributed by atoms with van der Waals surface area (Å²) in [4.78, 5) is 53.6. The quantitative estimate of drug-likeness (QED) is 0.107. The van der Waals surface area contributed by atoms with Crippen molar-refractivity contribution >= 4 is 65.4 Å². The summed E-state index contributed by atoms with van der Waals surface area (Å²) in [6, 6.07) is 119. The maximum absolute atomic E-state index is 14.4. The molecule has 0 amide bonds. The average Bonchev–Trinajstić information content (AvgIpc) is 0.788. The molecule has 0 spiro atoms. The number of pyridine rings is 12. The molecule has 24 rings (SSSR count). The Morgan fingerprint density at radius 3 is 0.773 bits per heavy atom. The molecule has 0 aliphatic carbocycles. The van der Waals surface area contributed by atoms with Gasteiger partial charge in [0, 0.05) is 173 Å². The van der Waals surface area contributed by atoms with Gasteiger partial charge in [-0.1, -0.05) is 193 Å². The summed E-state index contributed by atoms with van der Waals surface area (Å²) in [6.07, 6.45) is 21.2. The number of fused-ring (bicyclic) bond motifs is 6. The molecule has 18 heteroatoms. The van der Waals surface area contributed by atoms with E-state index in [0.717, 1.165) is 183 Å². The van der Waals surface area contributed by atoms with Gasteiger partial charge in [-0.3, -0.25) is 59.8 Å². The van der Waals surface area contributed by atoms with Gasteiger partial charge in [0.2, 0.25) is 0 Å². The van der Waals surface area contributed by atoms with Crippen molar-refractivity contribution in [2.45, 2.75) is 20.8 Å². The Morgan fingerprint density at radius 2 is 0.433 bits per heavy atom. The molecule has 0 aliphatic heterocycles. The summed E-state index contributed by atoms with van der Waals surface area (Å²) >= 11 is 0. The van der Waals surface area contributed by atoms with Crippen LogP contribution in [-0.2, 0) is 0 Å². The van der Waals surface area contributed by atoms with E-state index in [0.29, 0.717) is 28.1 Å². The number of benzene rings is 12. The van der Waals surface area contributed by atoms with E-state index in [1.165, 1.54) is 59.7 Å². The van der Waals surface area contributed by atoms with Crippen molar-refractivity contribution in [1.82, 2.24) is 59.8 Å². The molecule has 0 saturated carbocycles. The molecule has 12 nitrogen and oxygen atoms in total. The van der Waals surface area contributed by atoms with Crippen LogP contribution in [0.1, 0.15) is 16.7 Å². The molecule has 0 N–H and O–H groups in total. The maximum Gasteiger partial charge on any atom is 0.159 e. The fourth-order valence-electron chi connectivity index (χ4n) is 17.4. The minimum atomic E-state index is -0.885. The molecule has 0 atom stereocenters. The van der Waals surface area contributed by atoms with Crippen LogP contribution in [0.25, 0.3) is 200 Å². The van der Waals surface area contributed by atoms with E-state index in [9.17, 15) is 26.3 Å². The molecule has 0 radical (unpaired) electrons. The monoisotopic (exact) mass is 1840 g/mol. The van der Waals surface area contributed by atoms with Crippen molar-refractivity contribution < 1.29 is 26.3 Å². The topological polar surface area (TPSA) is 155 Å². The Balaban J connectivity index is 0.000000108. The number of nitrogens with zero attached hydrogens (tertiary/aromatic N) is 12. The summed E-state index contributed by atoms with van der Waals surface area (Å²) < 4.78 is 81.7. The van der Waals surface area contributed by atoms with Crippen molar-refractivity contribution in [3.8, 4) is 134 Å². The zero-order valence-corrected chi connectivity index (χ0v) is 76.4. The lowest BCUT2D eigenvalue weighted by Crippen LogP contribution is -1.94. The Labute approximate surface area is 809 Å². The molecule has 678 valence electrons. The highest BCUT2D eigenvalue weighted by Gasteiger charge is 2.22. The summed E-state index contributed by atoms with van der Waals surface area (Å²) in [5.41, 5.74) is 30.1. The number of rotatable bonds is 12. The number of halogens is 6. The first-order valence-electron chi connectivity index (χ1n) is 45.5. The molecule has 24 aromatic rings. The van der Waals surface area contributed by atoms with Crippen LogP contribution >= 0.6 is 0 Å². The molecule has 12 aromatic carbocycles. The summed E-state index contributed by atoms with van der Waals surface area (Å²) in [5.74, 6) is -2.74. The SMILES string of the molecule is Cc1cc(-c2ncccc2-c2ccnc3ccccc23)ccc1F.Cc1ccc(F)c(-c2ncccc2-c2ccnc3ccccc23)c1.Cc1cccc(-c2ncccc2-c2ccnc3ccccc23)c1.Fc1ccc(-c2ncccc2-c2ccnc3ccccc23)cc1.Fc1ccc(-c2ncccc2-c2ccnc3ccccc23)cc1F.Fc1cccc(-c2ncccc2-c2ccnc3ccccc23)c1. The van der Waals surface area contributed by atoms with Crippen LogP contribution in [-0.4, -0.2) is 59.8 Å². The van der Waals surface area contributed by atoms with Crippen LogP contribution in [0.4, 0.5) is 26.3 Å². The van der Waals surface area contributed by atoms with Gasteiger partial charge in [-0.05, 0) is 260 Å². The fraction of sp³-hybridized carbons (Fsp3) is 0.0244. The van der Waals surface area contributed by atoms with Crippen LogP contribution in [0, 0.1) is 55.7 Å². The summed E-state index contributed by atoms with van der Waals surface area (Å²) in [5, 5.41) is 6.37. The molecular weight excluding hydrogens is 1760 g/mol. The minimum Gasteiger partial charge on any atom is -0.256 e. The number of para-hydroxylation sites is 6. The largest absolute Gasteiger partial charge is 0.256 e.